The Labute approximate surface area is 238 Å². The summed E-state index contributed by atoms with van der Waals surface area (Å²) >= 11 is 0. The third-order valence-corrected chi connectivity index (χ3v) is 10.9. The summed E-state index contributed by atoms with van der Waals surface area (Å²) in [4.78, 5) is 0. The Bertz CT molecular complexity index is 1940. The van der Waals surface area contributed by atoms with Gasteiger partial charge in [0.1, 0.15) is 17.2 Å². The van der Waals surface area contributed by atoms with Crippen LogP contribution in [0.2, 0.25) is 0 Å². The van der Waals surface area contributed by atoms with Gasteiger partial charge in [-0.25, -0.2) is 0 Å². The van der Waals surface area contributed by atoms with Gasteiger partial charge in [-0.2, -0.15) is 0 Å². The van der Waals surface area contributed by atoms with Gasteiger partial charge in [-0.1, -0.05) is 103 Å². The van der Waals surface area contributed by atoms with Gasteiger partial charge in [-0.3, -0.25) is 0 Å². The second kappa shape index (κ2) is 8.47. The van der Waals surface area contributed by atoms with Crippen molar-refractivity contribution in [2.24, 2.45) is 0 Å². The number of benzene rings is 7. The van der Waals surface area contributed by atoms with E-state index in [2.05, 4.69) is 121 Å². The van der Waals surface area contributed by atoms with Crippen LogP contribution in [0.4, 0.5) is 0 Å². The maximum atomic E-state index is 7.12. The number of hydrogen-bond acceptors (Lipinski definition) is 3. The van der Waals surface area contributed by atoms with Crippen LogP contribution in [0.15, 0.2) is 140 Å². The molecule has 194 valence electrons. The average molecular weight is 545 g/mol. The van der Waals surface area contributed by atoms with Crippen LogP contribution in [0.25, 0.3) is 32.3 Å². The van der Waals surface area contributed by atoms with Crippen molar-refractivity contribution in [1.82, 2.24) is 0 Å². The van der Waals surface area contributed by atoms with Gasteiger partial charge in [-0.05, 0) is 68.7 Å². The fourth-order valence-corrected chi connectivity index (χ4v) is 8.95. The van der Waals surface area contributed by atoms with Gasteiger partial charge in [-0.15, -0.1) is 0 Å². The van der Waals surface area contributed by atoms with Crippen LogP contribution in [0.3, 0.4) is 0 Å². The van der Waals surface area contributed by atoms with Gasteiger partial charge >= 0.3 is 8.80 Å². The lowest BCUT2D eigenvalue weighted by Crippen LogP contribution is -2.65. The zero-order valence-electron chi connectivity index (χ0n) is 22.1. The molecule has 4 heteroatoms. The second-order valence-electron chi connectivity index (χ2n) is 10.9. The van der Waals surface area contributed by atoms with Crippen LogP contribution < -0.4 is 18.5 Å². The molecule has 0 saturated carbocycles. The summed E-state index contributed by atoms with van der Waals surface area (Å²) in [6.07, 6.45) is 0. The normalized spacial score (nSPS) is 18.7. The molecule has 3 nitrogen and oxygen atoms in total. The van der Waals surface area contributed by atoms with Crippen molar-refractivity contribution in [2.45, 2.75) is 5.92 Å². The summed E-state index contributed by atoms with van der Waals surface area (Å²) in [6.45, 7) is 0. The molecule has 2 bridgehead atoms. The lowest BCUT2D eigenvalue weighted by atomic mass is 9.81. The van der Waals surface area contributed by atoms with Crippen LogP contribution in [-0.4, -0.2) is 8.80 Å². The van der Waals surface area contributed by atoms with Crippen LogP contribution in [-0.2, 0) is 0 Å². The molecule has 3 aliphatic rings. The highest BCUT2D eigenvalue weighted by atomic mass is 28.4. The van der Waals surface area contributed by atoms with E-state index in [4.69, 9.17) is 13.3 Å². The Morgan fingerprint density at radius 2 is 0.683 bits per heavy atom. The molecule has 7 aromatic carbocycles. The maximum Gasteiger partial charge on any atom is 0.737 e. The zero-order valence-corrected chi connectivity index (χ0v) is 23.1. The van der Waals surface area contributed by atoms with E-state index in [0.717, 1.165) is 55.3 Å². The van der Waals surface area contributed by atoms with Gasteiger partial charge in [0.15, 0.2) is 0 Å². The highest BCUT2D eigenvalue weighted by molar-refractivity contribution is 6.77. The standard InChI is InChI=1S/C37H24O3Si/c1-2-16-30(17-3-1)41-38-34-21-27-13-7-4-10-24(27)18-31(34)37(32-19-25-11-5-8-14-28(25)22-35(32)39-41)33-20-26-12-6-9-15-29(26)23-36(33)40-41/h1-23,37H. The minimum Gasteiger partial charge on any atom is -0.480 e. The first-order chi connectivity index (χ1) is 20.2. The van der Waals surface area contributed by atoms with E-state index in [1.807, 2.05) is 18.2 Å². The van der Waals surface area contributed by atoms with Crippen molar-refractivity contribution in [2.75, 3.05) is 0 Å². The fraction of sp³-hybridized carbons (Fsp3) is 0.0270. The number of hydrogen-bond donors (Lipinski definition) is 0. The van der Waals surface area contributed by atoms with Crippen molar-refractivity contribution >= 4 is 46.3 Å². The first-order valence-electron chi connectivity index (χ1n) is 13.9. The third kappa shape index (κ3) is 3.44. The molecule has 0 unspecified atom stereocenters. The summed E-state index contributed by atoms with van der Waals surface area (Å²) in [7, 11) is -3.62. The smallest absolute Gasteiger partial charge is 0.480 e. The molecular weight excluding hydrogens is 520 g/mol. The van der Waals surface area contributed by atoms with E-state index in [1.54, 1.807) is 0 Å². The summed E-state index contributed by atoms with van der Waals surface area (Å²) in [6, 6.07) is 49.0. The summed E-state index contributed by atoms with van der Waals surface area (Å²) in [5.74, 6) is 2.27. The van der Waals surface area contributed by atoms with Gasteiger partial charge in [0, 0.05) is 22.6 Å². The van der Waals surface area contributed by atoms with E-state index in [0.29, 0.717) is 0 Å². The molecule has 0 spiro atoms. The van der Waals surface area contributed by atoms with Gasteiger partial charge in [0.25, 0.3) is 0 Å². The fourth-order valence-electron chi connectivity index (χ4n) is 6.47. The van der Waals surface area contributed by atoms with Crippen molar-refractivity contribution in [1.29, 1.82) is 0 Å². The number of rotatable bonds is 1. The molecule has 0 radical (unpaired) electrons. The van der Waals surface area contributed by atoms with Crippen molar-refractivity contribution in [3.05, 3.63) is 156 Å². The van der Waals surface area contributed by atoms with E-state index >= 15 is 0 Å². The molecule has 3 heterocycles. The Kier molecular flexibility index (Phi) is 4.69. The van der Waals surface area contributed by atoms with Crippen LogP contribution >= 0.6 is 0 Å². The summed E-state index contributed by atoms with van der Waals surface area (Å²) < 4.78 is 21.4. The highest BCUT2D eigenvalue weighted by Crippen LogP contribution is 2.51. The minimum absolute atomic E-state index is 0.156. The molecule has 0 saturated heterocycles. The Hall–Kier alpha value is -5.06. The van der Waals surface area contributed by atoms with E-state index in [-0.39, 0.29) is 5.92 Å². The first-order valence-corrected chi connectivity index (χ1v) is 15.7. The summed E-state index contributed by atoms with van der Waals surface area (Å²) in [5, 5.41) is 7.83. The Morgan fingerprint density at radius 1 is 0.366 bits per heavy atom. The van der Waals surface area contributed by atoms with E-state index in [1.165, 1.54) is 16.2 Å². The van der Waals surface area contributed by atoms with Crippen molar-refractivity contribution < 1.29 is 13.3 Å². The molecule has 10 rings (SSSR count). The third-order valence-electron chi connectivity index (χ3n) is 8.43. The van der Waals surface area contributed by atoms with Gasteiger partial charge < -0.3 is 13.3 Å². The molecular formula is C37H24O3Si. The topological polar surface area (TPSA) is 27.7 Å². The molecule has 0 fully saturated rings. The molecule has 0 atom stereocenters. The molecule has 3 aliphatic heterocycles. The zero-order chi connectivity index (χ0) is 27.0. The predicted molar refractivity (Wildman–Crippen MR) is 167 cm³/mol. The second-order valence-corrected chi connectivity index (χ2v) is 13.2. The Morgan fingerprint density at radius 3 is 1.05 bits per heavy atom. The molecule has 0 aliphatic carbocycles. The molecule has 7 aromatic rings. The lowest BCUT2D eigenvalue weighted by molar-refractivity contribution is 0.268. The first kappa shape index (κ1) is 22.7. The average Bonchev–Trinajstić information content (AvgIpc) is 3.00. The Balaban J connectivity index is 1.47. The molecule has 0 aromatic heterocycles. The highest BCUT2D eigenvalue weighted by Gasteiger charge is 2.56. The number of fused-ring (bicyclic) bond motifs is 3. The molecule has 41 heavy (non-hydrogen) atoms. The minimum atomic E-state index is -3.62. The maximum absolute atomic E-state index is 7.12. The monoisotopic (exact) mass is 544 g/mol. The van der Waals surface area contributed by atoms with Gasteiger partial charge in [0.2, 0.25) is 0 Å². The van der Waals surface area contributed by atoms with Gasteiger partial charge in [0.05, 0.1) is 5.19 Å². The molecule has 0 N–H and O–H groups in total. The predicted octanol–water partition coefficient (Wildman–Crippen LogP) is 8.34. The van der Waals surface area contributed by atoms with Crippen LogP contribution in [0.5, 0.6) is 17.2 Å². The van der Waals surface area contributed by atoms with Crippen molar-refractivity contribution in [3.8, 4) is 17.2 Å². The van der Waals surface area contributed by atoms with Crippen molar-refractivity contribution in [3.63, 3.8) is 0 Å². The van der Waals surface area contributed by atoms with Crippen LogP contribution in [0, 0.1) is 0 Å². The SMILES string of the molecule is c1ccc([Si]23Oc4cc5ccccc5cc4C(c4cc5ccccc5cc4O2)c2cc4ccccc4cc2O3)cc1. The van der Waals surface area contributed by atoms with E-state index < -0.39 is 8.80 Å². The quantitative estimate of drug-likeness (QED) is 0.195. The van der Waals surface area contributed by atoms with Crippen LogP contribution in [0.1, 0.15) is 22.6 Å². The van der Waals surface area contributed by atoms with E-state index in [9.17, 15) is 0 Å². The molecule has 0 amide bonds. The largest absolute Gasteiger partial charge is 0.737 e. The lowest BCUT2D eigenvalue weighted by Gasteiger charge is -2.40. The summed E-state index contributed by atoms with van der Waals surface area (Å²) in [5.41, 5.74) is 3.36.